The molecule has 0 aliphatic carbocycles. The molecule has 0 fully saturated rings. The van der Waals surface area contributed by atoms with E-state index >= 15 is 0 Å². The number of aliphatic hydroxyl groups is 1. The summed E-state index contributed by atoms with van der Waals surface area (Å²) in [5, 5.41) is 9.66. The van der Waals surface area contributed by atoms with Crippen molar-refractivity contribution in [2.75, 3.05) is 19.8 Å². The second-order valence-corrected chi connectivity index (χ2v) is 17.9. The molecule has 0 amide bonds. The molecule has 0 aromatic carbocycles. The smallest absolute Gasteiger partial charge is 0.306 e. The molecule has 0 spiro atoms. The first-order valence-electron chi connectivity index (χ1n) is 26.9. The number of allylic oxidation sites excluding steroid dienone is 10. The van der Waals surface area contributed by atoms with Crippen LogP contribution in [0.25, 0.3) is 0 Å². The number of carbonyl (C=O) groups is 1. The summed E-state index contributed by atoms with van der Waals surface area (Å²) in [6.45, 7) is 5.26. The highest BCUT2D eigenvalue weighted by molar-refractivity contribution is 5.69. The third kappa shape index (κ3) is 52.3. The molecule has 1 unspecified atom stereocenters. The summed E-state index contributed by atoms with van der Waals surface area (Å²) in [6, 6.07) is 0. The van der Waals surface area contributed by atoms with Crippen LogP contribution in [0.5, 0.6) is 0 Å². The third-order valence-corrected chi connectivity index (χ3v) is 11.9. The van der Waals surface area contributed by atoms with Gasteiger partial charge in [0.2, 0.25) is 0 Å². The molecule has 1 atom stereocenters. The number of rotatable bonds is 50. The van der Waals surface area contributed by atoms with Crippen molar-refractivity contribution >= 4 is 5.97 Å². The molecule has 61 heavy (non-hydrogen) atoms. The highest BCUT2D eigenvalue weighted by Crippen LogP contribution is 2.17. The van der Waals surface area contributed by atoms with Crippen LogP contribution >= 0.6 is 0 Å². The van der Waals surface area contributed by atoms with Crippen LogP contribution in [0.15, 0.2) is 60.8 Å². The van der Waals surface area contributed by atoms with Crippen molar-refractivity contribution in [3.05, 3.63) is 60.8 Å². The molecule has 0 saturated carbocycles. The fraction of sp³-hybridized carbons (Fsp3) is 0.807. The Bertz CT molecular complexity index is 993. The van der Waals surface area contributed by atoms with E-state index in [1.165, 1.54) is 193 Å². The SMILES string of the molecule is CC/C=C\C/C=C\C/C=C\C/C=C\C/C=C\CCCCCCCCCC(=O)OC(CO)COCCCCCCCCCCCCCCCCCCCCCCCCCCCC. The van der Waals surface area contributed by atoms with Crippen molar-refractivity contribution in [3.63, 3.8) is 0 Å². The Morgan fingerprint density at radius 1 is 0.410 bits per heavy atom. The number of hydrogen-bond acceptors (Lipinski definition) is 4. The van der Waals surface area contributed by atoms with E-state index in [0.717, 1.165) is 57.8 Å². The number of ether oxygens (including phenoxy) is 2. The lowest BCUT2D eigenvalue weighted by atomic mass is 10.0. The second kappa shape index (κ2) is 54.2. The number of aliphatic hydroxyl groups excluding tert-OH is 1. The maximum Gasteiger partial charge on any atom is 0.306 e. The number of hydrogen-bond donors (Lipinski definition) is 1. The molecule has 0 aliphatic rings. The van der Waals surface area contributed by atoms with E-state index in [-0.39, 0.29) is 12.6 Å². The molecule has 356 valence electrons. The topological polar surface area (TPSA) is 55.8 Å². The zero-order valence-corrected chi connectivity index (χ0v) is 40.9. The predicted octanol–water partition coefficient (Wildman–Crippen LogP) is 18.3. The van der Waals surface area contributed by atoms with E-state index in [0.29, 0.717) is 19.6 Å². The average molecular weight is 853 g/mol. The Morgan fingerprint density at radius 3 is 1.11 bits per heavy atom. The van der Waals surface area contributed by atoms with Crippen LogP contribution in [0.1, 0.15) is 271 Å². The van der Waals surface area contributed by atoms with Gasteiger partial charge in [-0.25, -0.2) is 0 Å². The first-order valence-corrected chi connectivity index (χ1v) is 26.9. The fourth-order valence-electron chi connectivity index (χ4n) is 7.89. The van der Waals surface area contributed by atoms with Gasteiger partial charge in [-0.3, -0.25) is 4.79 Å². The zero-order chi connectivity index (χ0) is 44.0. The van der Waals surface area contributed by atoms with Gasteiger partial charge in [0.15, 0.2) is 0 Å². The van der Waals surface area contributed by atoms with Crippen LogP contribution in [0.3, 0.4) is 0 Å². The van der Waals surface area contributed by atoms with Crippen molar-refractivity contribution in [2.24, 2.45) is 0 Å². The van der Waals surface area contributed by atoms with Gasteiger partial charge < -0.3 is 14.6 Å². The lowest BCUT2D eigenvalue weighted by Gasteiger charge is -2.16. The van der Waals surface area contributed by atoms with Crippen LogP contribution in [-0.4, -0.2) is 37.0 Å². The molecular weight excluding hydrogens is 749 g/mol. The highest BCUT2D eigenvalue weighted by Gasteiger charge is 2.13. The van der Waals surface area contributed by atoms with Crippen molar-refractivity contribution in [1.82, 2.24) is 0 Å². The summed E-state index contributed by atoms with van der Waals surface area (Å²) < 4.78 is 11.2. The summed E-state index contributed by atoms with van der Waals surface area (Å²) in [4.78, 5) is 12.3. The van der Waals surface area contributed by atoms with Crippen LogP contribution in [-0.2, 0) is 14.3 Å². The highest BCUT2D eigenvalue weighted by atomic mass is 16.6. The molecule has 4 heteroatoms. The maximum absolute atomic E-state index is 12.3. The molecule has 0 heterocycles. The normalized spacial score (nSPS) is 12.8. The summed E-state index contributed by atoms with van der Waals surface area (Å²) in [5.41, 5.74) is 0. The number of esters is 1. The van der Waals surface area contributed by atoms with Gasteiger partial charge in [-0.2, -0.15) is 0 Å². The monoisotopic (exact) mass is 853 g/mol. The largest absolute Gasteiger partial charge is 0.457 e. The van der Waals surface area contributed by atoms with Gasteiger partial charge in [0.1, 0.15) is 6.10 Å². The van der Waals surface area contributed by atoms with Crippen LogP contribution in [0.4, 0.5) is 0 Å². The summed E-state index contributed by atoms with van der Waals surface area (Å²) in [5.74, 6) is -0.208. The van der Waals surface area contributed by atoms with E-state index in [4.69, 9.17) is 9.47 Å². The maximum atomic E-state index is 12.3. The van der Waals surface area contributed by atoms with Crippen LogP contribution < -0.4 is 0 Å². The molecule has 0 aromatic rings. The summed E-state index contributed by atoms with van der Waals surface area (Å²) >= 11 is 0. The minimum atomic E-state index is -0.542. The van der Waals surface area contributed by atoms with E-state index in [2.05, 4.69) is 74.6 Å². The second-order valence-electron chi connectivity index (χ2n) is 17.9. The Kier molecular flexibility index (Phi) is 52.5. The van der Waals surface area contributed by atoms with E-state index in [1.807, 2.05) is 0 Å². The van der Waals surface area contributed by atoms with Crippen molar-refractivity contribution in [2.45, 2.75) is 277 Å². The third-order valence-electron chi connectivity index (χ3n) is 11.9. The van der Waals surface area contributed by atoms with E-state index in [1.54, 1.807) is 0 Å². The Hall–Kier alpha value is -1.91. The minimum Gasteiger partial charge on any atom is -0.457 e. The van der Waals surface area contributed by atoms with E-state index < -0.39 is 6.10 Å². The van der Waals surface area contributed by atoms with Gasteiger partial charge in [-0.05, 0) is 57.8 Å². The van der Waals surface area contributed by atoms with Gasteiger partial charge in [0, 0.05) is 13.0 Å². The molecular formula is C57H104O4. The lowest BCUT2D eigenvalue weighted by molar-refractivity contribution is -0.154. The van der Waals surface area contributed by atoms with Crippen LogP contribution in [0, 0.1) is 0 Å². The Morgan fingerprint density at radius 2 is 0.738 bits per heavy atom. The first-order chi connectivity index (χ1) is 30.2. The number of unbranched alkanes of at least 4 members (excludes halogenated alkanes) is 32. The molecule has 1 N–H and O–H groups in total. The molecule has 0 rings (SSSR count). The van der Waals surface area contributed by atoms with Gasteiger partial charge >= 0.3 is 5.97 Å². The minimum absolute atomic E-state index is 0.176. The Labute approximate surface area is 381 Å². The lowest BCUT2D eigenvalue weighted by Crippen LogP contribution is -2.27. The van der Waals surface area contributed by atoms with E-state index in [9.17, 15) is 9.90 Å². The molecule has 0 radical (unpaired) electrons. The predicted molar refractivity (Wildman–Crippen MR) is 270 cm³/mol. The van der Waals surface area contributed by atoms with Gasteiger partial charge in [-0.1, -0.05) is 267 Å². The fourth-order valence-corrected chi connectivity index (χ4v) is 7.89. The van der Waals surface area contributed by atoms with Crippen molar-refractivity contribution in [3.8, 4) is 0 Å². The quantitative estimate of drug-likeness (QED) is 0.0376. The molecule has 0 aliphatic heterocycles. The van der Waals surface area contributed by atoms with Gasteiger partial charge in [-0.15, -0.1) is 0 Å². The standard InChI is InChI=1S/C57H104O4/c1-3-5-7-9-11-13-15-17-19-21-23-25-27-28-29-31-33-35-37-39-41-43-45-47-49-51-53-60-55-56(54-58)61-57(59)52-50-48-46-44-42-40-38-36-34-32-30-26-24-22-20-18-16-14-12-10-8-6-4-2/h6,8,12,14,18,20,24,26,32,34,56,58H,3-5,7,9-11,13,15-17,19,21-23,25,27-31,33,35-55H2,1-2H3/b8-6-,14-12-,20-18-,26-24-,34-32-. The molecule has 4 nitrogen and oxygen atoms in total. The Balaban J connectivity index is 3.40. The first kappa shape index (κ1) is 59.1. The molecule has 0 saturated heterocycles. The zero-order valence-electron chi connectivity index (χ0n) is 40.9. The summed E-state index contributed by atoms with van der Waals surface area (Å²) in [6.07, 6.45) is 73.3. The van der Waals surface area contributed by atoms with Crippen molar-refractivity contribution in [1.29, 1.82) is 0 Å². The number of carbonyl (C=O) groups excluding carboxylic acids is 1. The van der Waals surface area contributed by atoms with Gasteiger partial charge in [0.05, 0.1) is 13.2 Å². The van der Waals surface area contributed by atoms with Crippen molar-refractivity contribution < 1.29 is 19.4 Å². The summed E-state index contributed by atoms with van der Waals surface area (Å²) in [7, 11) is 0. The molecule has 0 aromatic heterocycles. The van der Waals surface area contributed by atoms with Crippen LogP contribution in [0.2, 0.25) is 0 Å². The average Bonchev–Trinajstić information content (AvgIpc) is 3.27. The molecule has 0 bridgehead atoms. The van der Waals surface area contributed by atoms with Gasteiger partial charge in [0.25, 0.3) is 0 Å².